The van der Waals surface area contributed by atoms with Gasteiger partial charge in [-0.2, -0.15) is 5.26 Å². The highest BCUT2D eigenvalue weighted by molar-refractivity contribution is 5.94. The fourth-order valence-corrected chi connectivity index (χ4v) is 0.863. The van der Waals surface area contributed by atoms with E-state index in [-0.39, 0.29) is 0 Å². The number of halogens is 1. The molecule has 0 saturated carbocycles. The molecule has 4 heteroatoms. The normalized spacial score (nSPS) is 10.7. The van der Waals surface area contributed by atoms with Crippen LogP contribution in [0.25, 0.3) is 6.08 Å². The van der Waals surface area contributed by atoms with Crippen LogP contribution in [-0.4, -0.2) is 5.97 Å². The molecular formula is C10H5FNO2-. The second-order valence-electron chi connectivity index (χ2n) is 2.51. The lowest BCUT2D eigenvalue weighted by molar-refractivity contribution is -0.298. The Morgan fingerprint density at radius 2 is 2.00 bits per heavy atom. The van der Waals surface area contributed by atoms with Crippen LogP contribution in [0.3, 0.4) is 0 Å². The van der Waals surface area contributed by atoms with Crippen LogP contribution < -0.4 is 5.11 Å². The van der Waals surface area contributed by atoms with Gasteiger partial charge in [0.05, 0.1) is 11.5 Å². The van der Waals surface area contributed by atoms with Gasteiger partial charge in [0.25, 0.3) is 0 Å². The molecule has 0 amide bonds. The Labute approximate surface area is 79.7 Å². The van der Waals surface area contributed by atoms with Crippen molar-refractivity contribution >= 4 is 12.0 Å². The first-order valence-electron chi connectivity index (χ1n) is 3.72. The van der Waals surface area contributed by atoms with Crippen LogP contribution in [0.1, 0.15) is 5.56 Å². The van der Waals surface area contributed by atoms with Crippen LogP contribution >= 0.6 is 0 Å². The van der Waals surface area contributed by atoms with Gasteiger partial charge in [0, 0.05) is 0 Å². The van der Waals surface area contributed by atoms with Crippen molar-refractivity contribution in [2.24, 2.45) is 0 Å². The molecule has 0 aliphatic carbocycles. The second-order valence-corrected chi connectivity index (χ2v) is 2.51. The summed E-state index contributed by atoms with van der Waals surface area (Å²) in [5.74, 6) is -1.97. The smallest absolute Gasteiger partial charge is 0.123 e. The predicted molar refractivity (Wildman–Crippen MR) is 45.0 cm³/mol. The van der Waals surface area contributed by atoms with Crippen LogP contribution in [0, 0.1) is 17.1 Å². The maximum absolute atomic E-state index is 12.5. The van der Waals surface area contributed by atoms with Gasteiger partial charge in [0.15, 0.2) is 0 Å². The summed E-state index contributed by atoms with van der Waals surface area (Å²) in [6.45, 7) is 0. The van der Waals surface area contributed by atoms with Gasteiger partial charge in [-0.1, -0.05) is 12.1 Å². The molecule has 0 radical (unpaired) electrons. The third-order valence-electron chi connectivity index (χ3n) is 1.52. The minimum Gasteiger partial charge on any atom is -0.544 e. The van der Waals surface area contributed by atoms with Crippen molar-refractivity contribution < 1.29 is 14.3 Å². The Morgan fingerprint density at radius 1 is 1.43 bits per heavy atom. The monoisotopic (exact) mass is 190 g/mol. The standard InChI is InChI=1S/C10H6FNO2/c11-9-3-1-7(2-4-9)5-8(6-12)10(13)14/h1-5H,(H,13,14)/p-1/b8-5-. The summed E-state index contributed by atoms with van der Waals surface area (Å²) in [5, 5.41) is 18.7. The Morgan fingerprint density at radius 3 is 2.43 bits per heavy atom. The predicted octanol–water partition coefficient (Wildman–Crippen LogP) is 0.483. The van der Waals surface area contributed by atoms with Crippen molar-refractivity contribution in [2.45, 2.75) is 0 Å². The molecule has 0 spiro atoms. The van der Waals surface area contributed by atoms with E-state index in [9.17, 15) is 14.3 Å². The van der Waals surface area contributed by atoms with Gasteiger partial charge in [-0.3, -0.25) is 0 Å². The number of hydrogen-bond acceptors (Lipinski definition) is 3. The molecule has 1 rings (SSSR count). The summed E-state index contributed by atoms with van der Waals surface area (Å²) in [7, 11) is 0. The Hall–Kier alpha value is -2.15. The number of carboxylic acid groups (broad SMARTS) is 1. The van der Waals surface area contributed by atoms with E-state index in [1.165, 1.54) is 30.3 Å². The summed E-state index contributed by atoms with van der Waals surface area (Å²) >= 11 is 0. The summed E-state index contributed by atoms with van der Waals surface area (Å²) in [6, 6.07) is 6.56. The van der Waals surface area contributed by atoms with Crippen LogP contribution in [-0.2, 0) is 4.79 Å². The molecule has 0 atom stereocenters. The first kappa shape index (κ1) is 9.93. The van der Waals surface area contributed by atoms with E-state index in [0.717, 1.165) is 6.08 Å². The minimum atomic E-state index is -1.54. The van der Waals surface area contributed by atoms with Gasteiger partial charge in [0.1, 0.15) is 11.9 Å². The minimum absolute atomic E-state index is 0.422. The fraction of sp³-hybridized carbons (Fsp3) is 0. The van der Waals surface area contributed by atoms with Crippen molar-refractivity contribution in [3.05, 3.63) is 41.2 Å². The molecule has 3 nitrogen and oxygen atoms in total. The van der Waals surface area contributed by atoms with Crippen molar-refractivity contribution in [1.29, 1.82) is 5.26 Å². The second kappa shape index (κ2) is 4.19. The molecule has 14 heavy (non-hydrogen) atoms. The average molecular weight is 190 g/mol. The topological polar surface area (TPSA) is 63.9 Å². The van der Waals surface area contributed by atoms with Gasteiger partial charge in [-0.05, 0) is 23.8 Å². The lowest BCUT2D eigenvalue weighted by Gasteiger charge is -1.98. The summed E-state index contributed by atoms with van der Waals surface area (Å²) in [6.07, 6.45) is 1.12. The molecule has 70 valence electrons. The maximum atomic E-state index is 12.5. The first-order chi connectivity index (χ1) is 6.63. The molecule has 0 saturated heterocycles. The maximum Gasteiger partial charge on any atom is 0.123 e. The third-order valence-corrected chi connectivity index (χ3v) is 1.52. The average Bonchev–Trinajstić information content (AvgIpc) is 2.16. The molecule has 0 unspecified atom stereocenters. The number of hydrogen-bond donors (Lipinski definition) is 0. The molecule has 1 aromatic rings. The molecule has 1 aromatic carbocycles. The number of aliphatic carboxylic acids is 1. The van der Waals surface area contributed by atoms with E-state index in [1.54, 1.807) is 0 Å². The van der Waals surface area contributed by atoms with Gasteiger partial charge in [-0.25, -0.2) is 4.39 Å². The Kier molecular flexibility index (Phi) is 2.97. The number of carbonyl (C=O) groups is 1. The van der Waals surface area contributed by atoms with E-state index in [0.29, 0.717) is 5.56 Å². The molecule has 0 bridgehead atoms. The summed E-state index contributed by atoms with van der Waals surface area (Å²) in [4.78, 5) is 10.3. The van der Waals surface area contributed by atoms with Crippen molar-refractivity contribution in [3.8, 4) is 6.07 Å². The molecule has 0 fully saturated rings. The lowest BCUT2D eigenvalue weighted by atomic mass is 10.1. The van der Waals surface area contributed by atoms with E-state index >= 15 is 0 Å². The van der Waals surface area contributed by atoms with Crippen LogP contribution in [0.4, 0.5) is 4.39 Å². The zero-order valence-electron chi connectivity index (χ0n) is 7.03. The molecule has 0 aliphatic rings. The quantitative estimate of drug-likeness (QED) is 0.503. The van der Waals surface area contributed by atoms with E-state index < -0.39 is 17.4 Å². The largest absolute Gasteiger partial charge is 0.544 e. The summed E-state index contributed by atoms with van der Waals surface area (Å²) in [5.41, 5.74) is -0.0521. The number of carbonyl (C=O) groups excluding carboxylic acids is 1. The molecule has 0 aromatic heterocycles. The van der Waals surface area contributed by atoms with E-state index in [4.69, 9.17) is 5.26 Å². The van der Waals surface area contributed by atoms with Gasteiger partial charge >= 0.3 is 0 Å². The molecule has 0 aliphatic heterocycles. The number of carboxylic acids is 1. The van der Waals surface area contributed by atoms with Crippen LogP contribution in [0.15, 0.2) is 29.8 Å². The van der Waals surface area contributed by atoms with Crippen molar-refractivity contribution in [3.63, 3.8) is 0 Å². The van der Waals surface area contributed by atoms with E-state index in [2.05, 4.69) is 0 Å². The SMILES string of the molecule is N#C/C(=C/c1ccc(F)cc1)C(=O)[O-]. The molecule has 0 N–H and O–H groups in total. The number of benzene rings is 1. The lowest BCUT2D eigenvalue weighted by Crippen LogP contribution is -2.23. The highest BCUT2D eigenvalue weighted by Crippen LogP contribution is 2.07. The number of nitriles is 1. The fourth-order valence-electron chi connectivity index (χ4n) is 0.863. The zero-order chi connectivity index (χ0) is 10.6. The highest BCUT2D eigenvalue weighted by atomic mass is 19.1. The van der Waals surface area contributed by atoms with Gasteiger partial charge in [-0.15, -0.1) is 0 Å². The number of nitrogens with zero attached hydrogens (tertiary/aromatic N) is 1. The first-order valence-corrected chi connectivity index (χ1v) is 3.72. The zero-order valence-corrected chi connectivity index (χ0v) is 7.03. The molecular weight excluding hydrogens is 185 g/mol. The Bertz CT molecular complexity index is 415. The highest BCUT2D eigenvalue weighted by Gasteiger charge is 1.96. The third kappa shape index (κ3) is 2.42. The van der Waals surface area contributed by atoms with Crippen molar-refractivity contribution in [1.82, 2.24) is 0 Å². The number of rotatable bonds is 2. The van der Waals surface area contributed by atoms with Gasteiger partial charge in [0.2, 0.25) is 0 Å². The van der Waals surface area contributed by atoms with Crippen LogP contribution in [0.5, 0.6) is 0 Å². The van der Waals surface area contributed by atoms with E-state index in [1.807, 2.05) is 0 Å². The molecule has 0 heterocycles. The van der Waals surface area contributed by atoms with Crippen molar-refractivity contribution in [2.75, 3.05) is 0 Å². The Balaban J connectivity index is 3.03. The van der Waals surface area contributed by atoms with Crippen LogP contribution in [0.2, 0.25) is 0 Å². The van der Waals surface area contributed by atoms with Gasteiger partial charge < -0.3 is 9.90 Å². The summed E-state index contributed by atoms with van der Waals surface area (Å²) < 4.78 is 12.5.